The van der Waals surface area contributed by atoms with E-state index in [2.05, 4.69) is 19.5 Å². The highest BCUT2D eigenvalue weighted by Crippen LogP contribution is 2.52. The predicted octanol–water partition coefficient (Wildman–Crippen LogP) is 3.28. The number of nitrogens with zero attached hydrogens (tertiary/aromatic N) is 4. The summed E-state index contributed by atoms with van der Waals surface area (Å²) in [4.78, 5) is 51.6. The number of phosphoric ester groups is 1. The van der Waals surface area contributed by atoms with E-state index in [0.717, 1.165) is 16.8 Å². The molecule has 1 N–H and O–H groups in total. The molecule has 41 heavy (non-hydrogen) atoms. The van der Waals surface area contributed by atoms with Crippen LogP contribution in [0.4, 0.5) is 14.0 Å². The number of H-pyrrole nitrogens is 1. The zero-order valence-electron chi connectivity index (χ0n) is 22.8. The van der Waals surface area contributed by atoms with Crippen LogP contribution in [0.3, 0.4) is 0 Å². The number of carbonyl (C=O) groups is 2. The van der Waals surface area contributed by atoms with Crippen molar-refractivity contribution in [2.75, 3.05) is 26.7 Å². The molecule has 2 heterocycles. The maximum atomic E-state index is 15.4. The van der Waals surface area contributed by atoms with Gasteiger partial charge in [0.15, 0.2) is 12.4 Å². The Morgan fingerprint density at radius 2 is 1.71 bits per heavy atom. The molecule has 1 fully saturated rings. The monoisotopic (exact) mass is 611 g/mol. The van der Waals surface area contributed by atoms with E-state index in [1.54, 1.807) is 27.7 Å². The molecule has 1 saturated heterocycles. The van der Waals surface area contributed by atoms with Gasteiger partial charge in [0.1, 0.15) is 5.60 Å². The fraction of sp³-hybridized carbons (Fsp3) is 0.714. The number of hydrogen-bond donors (Lipinski definition) is 1. The van der Waals surface area contributed by atoms with Crippen LogP contribution in [0.2, 0.25) is 0 Å². The molecule has 0 saturated carbocycles. The second-order valence-corrected chi connectivity index (χ2v) is 10.7. The van der Waals surface area contributed by atoms with Gasteiger partial charge in [-0.3, -0.25) is 18.9 Å². The van der Waals surface area contributed by atoms with E-state index in [9.17, 15) is 23.7 Å². The topological polar surface area (TPSA) is 229 Å². The quantitative estimate of drug-likeness (QED) is 0.0796. The van der Waals surface area contributed by atoms with Crippen molar-refractivity contribution in [3.63, 3.8) is 0 Å². The Bertz CT molecular complexity index is 1230. The number of hydrogen-bond acceptors (Lipinski definition) is 14. The Hall–Kier alpha value is -3.47. The number of nitrogens with one attached hydrogen (secondary N) is 1. The van der Waals surface area contributed by atoms with Crippen LogP contribution in [0.25, 0.3) is 10.4 Å². The second-order valence-electron chi connectivity index (χ2n) is 9.05. The average Bonchev–Trinajstić information content (AvgIpc) is 3.11. The van der Waals surface area contributed by atoms with Crippen molar-refractivity contribution >= 4 is 20.1 Å². The lowest BCUT2D eigenvalue weighted by molar-refractivity contribution is -0.113. The van der Waals surface area contributed by atoms with Crippen molar-refractivity contribution in [2.24, 2.45) is 11.0 Å². The molecule has 230 valence electrons. The Kier molecular flexibility index (Phi) is 12.3. The van der Waals surface area contributed by atoms with E-state index in [1.165, 1.54) is 6.92 Å². The van der Waals surface area contributed by atoms with E-state index in [0.29, 0.717) is 0 Å². The molecule has 1 aromatic heterocycles. The largest absolute Gasteiger partial charge is 0.510 e. The first-order valence-corrected chi connectivity index (χ1v) is 13.5. The van der Waals surface area contributed by atoms with Gasteiger partial charge in [-0.2, -0.15) is 0 Å². The number of alkyl halides is 1. The number of halogens is 1. The van der Waals surface area contributed by atoms with E-state index >= 15 is 4.39 Å². The maximum Gasteiger partial charge on any atom is 0.510 e. The summed E-state index contributed by atoms with van der Waals surface area (Å²) in [5.41, 5.74) is 5.32. The highest BCUT2D eigenvalue weighted by molar-refractivity contribution is 7.48. The van der Waals surface area contributed by atoms with Crippen LogP contribution in [0.5, 0.6) is 0 Å². The van der Waals surface area contributed by atoms with Crippen LogP contribution in [0, 0.1) is 5.92 Å². The molecule has 1 aromatic rings. The van der Waals surface area contributed by atoms with Crippen molar-refractivity contribution < 1.29 is 55.8 Å². The summed E-state index contributed by atoms with van der Waals surface area (Å²) >= 11 is 0. The summed E-state index contributed by atoms with van der Waals surface area (Å²) in [5.74, 6) is -1.17. The number of azide groups is 1. The number of aromatic nitrogens is 2. The number of aromatic amines is 1. The molecule has 0 aromatic carbocycles. The molecular weight excluding hydrogens is 580 g/mol. The van der Waals surface area contributed by atoms with Crippen LogP contribution < -0.4 is 11.2 Å². The summed E-state index contributed by atoms with van der Waals surface area (Å²) < 4.78 is 69.4. The van der Waals surface area contributed by atoms with Crippen LogP contribution in [-0.2, 0) is 41.8 Å². The molecular formula is C21H31FN5O13P. The minimum absolute atomic E-state index is 0.541. The van der Waals surface area contributed by atoms with E-state index < -0.39 is 94.2 Å². The van der Waals surface area contributed by atoms with Crippen molar-refractivity contribution in [1.82, 2.24) is 9.55 Å². The minimum Gasteiger partial charge on any atom is -0.432 e. The molecule has 0 radical (unpaired) electrons. The molecule has 0 spiro atoms. The summed E-state index contributed by atoms with van der Waals surface area (Å²) in [5, 5.41) is 3.42. The normalized spacial score (nSPS) is 22.3. The van der Waals surface area contributed by atoms with Gasteiger partial charge in [-0.1, -0.05) is 12.0 Å². The van der Waals surface area contributed by atoms with Crippen LogP contribution >= 0.6 is 7.82 Å². The standard InChI is InChI=1S/C21H31FN5O13P/c1-12(2)38-19(30)33-10-36-41(32,37-11-34-20(31)39-13(3)4)35-9-21(8-24-26-23)14(5)16(22)17(40-21)27-7-6-15(28)25-18(27)29/h6-7,12-14,16-17H,8-11H2,1-5H3,(H,25,28,29)/t14-,16+,17+,21+/m0/s1. The van der Waals surface area contributed by atoms with E-state index in [1.807, 2.05) is 4.98 Å². The summed E-state index contributed by atoms with van der Waals surface area (Å²) in [7, 11) is -4.80. The molecule has 20 heteroatoms. The number of carbonyl (C=O) groups excluding carboxylic acids is 2. The average molecular weight is 611 g/mol. The lowest BCUT2D eigenvalue weighted by Crippen LogP contribution is -2.44. The van der Waals surface area contributed by atoms with Crippen molar-refractivity contribution in [2.45, 2.75) is 64.8 Å². The molecule has 2 rings (SSSR count). The Balaban J connectivity index is 2.26. The predicted molar refractivity (Wildman–Crippen MR) is 133 cm³/mol. The van der Waals surface area contributed by atoms with Gasteiger partial charge in [-0.15, -0.1) is 0 Å². The SMILES string of the molecule is CC(C)OC(=O)OCOP(=O)(OCOC(=O)OC(C)C)OC[C@@]1(CN=[N+]=[N-])O[C@@H](n2ccc(=O)[nH]c2=O)[C@H](F)[C@@H]1C. The smallest absolute Gasteiger partial charge is 0.432 e. The van der Waals surface area contributed by atoms with Gasteiger partial charge in [0.2, 0.25) is 13.6 Å². The fourth-order valence-electron chi connectivity index (χ4n) is 3.36. The molecule has 1 aliphatic rings. The summed E-state index contributed by atoms with van der Waals surface area (Å²) in [6, 6.07) is 0.969. The first-order chi connectivity index (χ1) is 19.2. The minimum atomic E-state index is -4.80. The molecule has 0 bridgehead atoms. The van der Waals surface area contributed by atoms with Gasteiger partial charge in [-0.25, -0.2) is 32.4 Å². The zero-order valence-corrected chi connectivity index (χ0v) is 23.7. The fourth-order valence-corrected chi connectivity index (χ4v) is 4.33. The van der Waals surface area contributed by atoms with Gasteiger partial charge < -0.3 is 23.7 Å². The first kappa shape index (κ1) is 33.7. The third kappa shape index (κ3) is 9.84. The van der Waals surface area contributed by atoms with Crippen molar-refractivity contribution in [3.05, 3.63) is 43.5 Å². The third-order valence-corrected chi connectivity index (χ3v) is 6.66. The number of phosphoric acid groups is 1. The van der Waals surface area contributed by atoms with Crippen LogP contribution in [0.15, 0.2) is 27.0 Å². The van der Waals surface area contributed by atoms with Gasteiger partial charge in [-0.05, 0) is 33.2 Å². The highest BCUT2D eigenvalue weighted by Gasteiger charge is 2.55. The molecule has 0 unspecified atom stereocenters. The Labute approximate surface area is 232 Å². The van der Waals surface area contributed by atoms with Gasteiger partial charge in [0.25, 0.3) is 5.56 Å². The molecule has 1 aliphatic heterocycles. The highest BCUT2D eigenvalue weighted by atomic mass is 31.2. The summed E-state index contributed by atoms with van der Waals surface area (Å²) in [6.45, 7) is 4.11. The van der Waals surface area contributed by atoms with Gasteiger partial charge >= 0.3 is 25.8 Å². The van der Waals surface area contributed by atoms with Crippen LogP contribution in [0.1, 0.15) is 40.8 Å². The Morgan fingerprint density at radius 3 is 2.20 bits per heavy atom. The molecule has 0 amide bonds. The third-order valence-electron chi connectivity index (χ3n) is 5.37. The van der Waals surface area contributed by atoms with E-state index in [4.69, 9.17) is 33.3 Å². The van der Waals surface area contributed by atoms with E-state index in [-0.39, 0.29) is 0 Å². The van der Waals surface area contributed by atoms with Gasteiger partial charge in [0.05, 0.1) is 25.4 Å². The summed E-state index contributed by atoms with van der Waals surface area (Å²) in [6.07, 6.45) is -5.96. The van der Waals surface area contributed by atoms with Crippen molar-refractivity contribution in [1.29, 1.82) is 0 Å². The molecule has 4 atom stereocenters. The maximum absolute atomic E-state index is 15.4. The Morgan fingerprint density at radius 1 is 1.15 bits per heavy atom. The molecule has 18 nitrogen and oxygen atoms in total. The number of rotatable bonds is 14. The van der Waals surface area contributed by atoms with Crippen LogP contribution in [-0.4, -0.2) is 72.6 Å². The number of ether oxygens (including phenoxy) is 5. The lowest BCUT2D eigenvalue weighted by Gasteiger charge is -2.32. The molecule has 0 aliphatic carbocycles. The first-order valence-electron chi connectivity index (χ1n) is 12.1. The van der Waals surface area contributed by atoms with Crippen molar-refractivity contribution in [3.8, 4) is 0 Å². The van der Waals surface area contributed by atoms with Gasteiger partial charge in [0, 0.05) is 23.1 Å². The lowest BCUT2D eigenvalue weighted by atomic mass is 9.88. The second kappa shape index (κ2) is 15.0. The zero-order chi connectivity index (χ0) is 30.8.